The minimum absolute atomic E-state index is 0.0599. The Hall–Kier alpha value is -1.92. The van der Waals surface area contributed by atoms with Crippen LogP contribution in [-0.4, -0.2) is 46.9 Å². The fraction of sp³-hybridized carbons (Fsp3) is 0.846. The third-order valence-electron chi connectivity index (χ3n) is 11.5. The van der Waals surface area contributed by atoms with Gasteiger partial charge in [-0.1, -0.05) is 205 Å². The second-order valence-corrected chi connectivity index (χ2v) is 17.2. The summed E-state index contributed by atoms with van der Waals surface area (Å²) in [5.74, 6) is -0.507. The lowest BCUT2D eigenvalue weighted by molar-refractivity contribution is -0.151. The molecule has 0 aliphatic rings. The standard InChI is InChI=1S/C52H97NO5/c1-4-7-10-13-16-19-22-25-28-31-34-37-40-43-48(58-52(57)45-42-39-36-33-30-27-24-21-18-15-12-9-6-3)46-51(56)53-49(47-54)50(55)44-41-38-35-32-29-26-23-20-17-14-11-8-5-2/h16,19,22,25,27,30,48-50,54-55H,4-15,17-18,20-21,23-24,26,28-29,31-47H2,1-3H3,(H,53,56)/b19-16+,25-22+,30-27-. The smallest absolute Gasteiger partial charge is 0.306 e. The molecule has 3 N–H and O–H groups in total. The van der Waals surface area contributed by atoms with Crippen LogP contribution in [0.3, 0.4) is 0 Å². The van der Waals surface area contributed by atoms with Crippen LogP contribution in [0.5, 0.6) is 0 Å². The normalized spacial score (nSPS) is 13.5. The van der Waals surface area contributed by atoms with E-state index in [1.54, 1.807) is 0 Å². The van der Waals surface area contributed by atoms with Crippen LogP contribution in [0.25, 0.3) is 0 Å². The number of allylic oxidation sites excluding steroid dienone is 6. The van der Waals surface area contributed by atoms with Crippen molar-refractivity contribution in [3.63, 3.8) is 0 Å². The number of nitrogens with one attached hydrogen (secondary N) is 1. The first-order valence-corrected chi connectivity index (χ1v) is 25.2. The Morgan fingerprint density at radius 1 is 0.500 bits per heavy atom. The number of unbranched alkanes of at least 4 members (excludes halogenated alkanes) is 28. The SMILES string of the molecule is CCCCC/C=C/C=C/CCCCCCC(CC(=O)NC(CO)C(O)CCCCCCCCCCCCCCC)OC(=O)CCCCC/C=C\CCCCCCCC. The molecule has 3 unspecified atom stereocenters. The molecule has 58 heavy (non-hydrogen) atoms. The predicted molar refractivity (Wildman–Crippen MR) is 250 cm³/mol. The quantitative estimate of drug-likeness (QED) is 0.0246. The summed E-state index contributed by atoms with van der Waals surface area (Å²) in [6, 6.07) is -0.708. The van der Waals surface area contributed by atoms with Gasteiger partial charge in [-0.2, -0.15) is 0 Å². The molecule has 340 valence electrons. The minimum atomic E-state index is -0.793. The zero-order chi connectivity index (χ0) is 42.4. The van der Waals surface area contributed by atoms with Gasteiger partial charge in [0.1, 0.15) is 6.10 Å². The van der Waals surface area contributed by atoms with E-state index in [2.05, 4.69) is 62.5 Å². The van der Waals surface area contributed by atoms with Crippen LogP contribution in [0.15, 0.2) is 36.5 Å². The van der Waals surface area contributed by atoms with Gasteiger partial charge in [0.25, 0.3) is 0 Å². The van der Waals surface area contributed by atoms with Gasteiger partial charge in [-0.05, 0) is 77.0 Å². The highest BCUT2D eigenvalue weighted by Gasteiger charge is 2.24. The van der Waals surface area contributed by atoms with Gasteiger partial charge in [0.05, 0.1) is 25.2 Å². The molecule has 0 aromatic rings. The first-order chi connectivity index (χ1) is 28.5. The Morgan fingerprint density at radius 2 is 0.879 bits per heavy atom. The van der Waals surface area contributed by atoms with Gasteiger partial charge in [-0.15, -0.1) is 0 Å². The van der Waals surface area contributed by atoms with Crippen LogP contribution in [0, 0.1) is 0 Å². The molecule has 1 amide bonds. The van der Waals surface area contributed by atoms with Crippen LogP contribution >= 0.6 is 0 Å². The molecule has 0 rings (SSSR count). The number of esters is 1. The number of aliphatic hydroxyl groups is 2. The van der Waals surface area contributed by atoms with E-state index in [9.17, 15) is 19.8 Å². The van der Waals surface area contributed by atoms with Gasteiger partial charge in [-0.25, -0.2) is 0 Å². The maximum Gasteiger partial charge on any atom is 0.306 e. The van der Waals surface area contributed by atoms with Crippen molar-refractivity contribution in [1.82, 2.24) is 5.32 Å². The Morgan fingerprint density at radius 3 is 1.36 bits per heavy atom. The van der Waals surface area contributed by atoms with Crippen LogP contribution in [0.1, 0.15) is 258 Å². The van der Waals surface area contributed by atoms with Crippen molar-refractivity contribution in [2.24, 2.45) is 0 Å². The second-order valence-electron chi connectivity index (χ2n) is 17.2. The van der Waals surface area contributed by atoms with E-state index < -0.39 is 18.2 Å². The molecule has 6 heteroatoms. The van der Waals surface area contributed by atoms with Crippen LogP contribution in [-0.2, 0) is 14.3 Å². The highest BCUT2D eigenvalue weighted by atomic mass is 16.5. The first kappa shape index (κ1) is 56.1. The van der Waals surface area contributed by atoms with E-state index >= 15 is 0 Å². The lowest BCUT2D eigenvalue weighted by atomic mass is 10.0. The summed E-state index contributed by atoms with van der Waals surface area (Å²) in [4.78, 5) is 26.1. The largest absolute Gasteiger partial charge is 0.462 e. The van der Waals surface area contributed by atoms with Gasteiger partial charge < -0.3 is 20.3 Å². The lowest BCUT2D eigenvalue weighted by Gasteiger charge is -2.24. The van der Waals surface area contributed by atoms with E-state index in [1.807, 2.05) is 0 Å². The van der Waals surface area contributed by atoms with Gasteiger partial charge in [0, 0.05) is 6.42 Å². The third kappa shape index (κ3) is 40.8. The Bertz CT molecular complexity index is 961. The summed E-state index contributed by atoms with van der Waals surface area (Å²) in [5.41, 5.74) is 0. The maximum atomic E-state index is 13.2. The van der Waals surface area contributed by atoms with Gasteiger partial charge in [0.2, 0.25) is 5.91 Å². The van der Waals surface area contributed by atoms with E-state index in [0.29, 0.717) is 19.3 Å². The van der Waals surface area contributed by atoms with Crippen molar-refractivity contribution >= 4 is 11.9 Å². The van der Waals surface area contributed by atoms with Crippen molar-refractivity contribution in [2.45, 2.75) is 277 Å². The van der Waals surface area contributed by atoms with Gasteiger partial charge in [0.15, 0.2) is 0 Å². The van der Waals surface area contributed by atoms with Gasteiger partial charge >= 0.3 is 5.97 Å². The van der Waals surface area contributed by atoms with E-state index in [4.69, 9.17) is 4.74 Å². The summed E-state index contributed by atoms with van der Waals surface area (Å²) in [6.07, 6.45) is 53.4. The predicted octanol–water partition coefficient (Wildman–Crippen LogP) is 14.9. The molecule has 0 saturated heterocycles. The number of ether oxygens (including phenoxy) is 1. The first-order valence-electron chi connectivity index (χ1n) is 25.2. The molecule has 0 aliphatic carbocycles. The fourth-order valence-electron chi connectivity index (χ4n) is 7.59. The number of amides is 1. The molecule has 0 saturated carbocycles. The summed E-state index contributed by atoms with van der Waals surface area (Å²) in [6.45, 7) is 6.44. The Kier molecular flexibility index (Phi) is 44.6. The van der Waals surface area contributed by atoms with E-state index in [0.717, 1.165) is 83.5 Å². The summed E-state index contributed by atoms with van der Waals surface area (Å²) in [5, 5.41) is 23.7. The summed E-state index contributed by atoms with van der Waals surface area (Å²) < 4.78 is 5.91. The van der Waals surface area contributed by atoms with Crippen molar-refractivity contribution in [2.75, 3.05) is 6.61 Å². The van der Waals surface area contributed by atoms with E-state index in [-0.39, 0.29) is 24.9 Å². The summed E-state index contributed by atoms with van der Waals surface area (Å²) >= 11 is 0. The number of hydrogen-bond donors (Lipinski definition) is 3. The van der Waals surface area contributed by atoms with Crippen LogP contribution < -0.4 is 5.32 Å². The molecule has 0 fully saturated rings. The zero-order valence-corrected chi connectivity index (χ0v) is 38.7. The Balaban J connectivity index is 4.62. The molecule has 0 bridgehead atoms. The zero-order valence-electron chi connectivity index (χ0n) is 38.7. The monoisotopic (exact) mass is 816 g/mol. The average molecular weight is 816 g/mol. The highest BCUT2D eigenvalue weighted by molar-refractivity contribution is 5.77. The van der Waals surface area contributed by atoms with Crippen molar-refractivity contribution in [3.8, 4) is 0 Å². The minimum Gasteiger partial charge on any atom is -0.462 e. The van der Waals surface area contributed by atoms with Crippen LogP contribution in [0.4, 0.5) is 0 Å². The molecule has 0 aromatic heterocycles. The highest BCUT2D eigenvalue weighted by Crippen LogP contribution is 2.17. The molecule has 3 atom stereocenters. The van der Waals surface area contributed by atoms with Gasteiger partial charge in [-0.3, -0.25) is 9.59 Å². The lowest BCUT2D eigenvalue weighted by Crippen LogP contribution is -2.46. The summed E-state index contributed by atoms with van der Waals surface area (Å²) in [7, 11) is 0. The van der Waals surface area contributed by atoms with Crippen molar-refractivity contribution < 1.29 is 24.5 Å². The van der Waals surface area contributed by atoms with Crippen LogP contribution in [0.2, 0.25) is 0 Å². The molecular formula is C52H97NO5. The second kappa shape index (κ2) is 46.2. The molecule has 0 heterocycles. The number of rotatable bonds is 45. The fourth-order valence-corrected chi connectivity index (χ4v) is 7.59. The average Bonchev–Trinajstić information content (AvgIpc) is 3.22. The third-order valence-corrected chi connectivity index (χ3v) is 11.5. The molecule has 0 radical (unpaired) electrons. The molecule has 0 aliphatic heterocycles. The van der Waals surface area contributed by atoms with Crippen molar-refractivity contribution in [1.29, 1.82) is 0 Å². The molecule has 0 spiro atoms. The number of carbonyl (C=O) groups excluding carboxylic acids is 2. The molecular weight excluding hydrogens is 719 g/mol. The number of aliphatic hydroxyl groups excluding tert-OH is 2. The van der Waals surface area contributed by atoms with Crippen molar-refractivity contribution in [3.05, 3.63) is 36.5 Å². The molecule has 0 aromatic carbocycles. The maximum absolute atomic E-state index is 13.2. The molecule has 6 nitrogen and oxygen atoms in total. The number of carbonyl (C=O) groups is 2. The Labute approximate surface area is 360 Å². The number of hydrogen-bond acceptors (Lipinski definition) is 5. The van der Waals surface area contributed by atoms with E-state index in [1.165, 1.54) is 128 Å². The topological polar surface area (TPSA) is 95.9 Å².